The monoisotopic (exact) mass is 368 g/mol. The van der Waals surface area contributed by atoms with Crippen LogP contribution in [-0.4, -0.2) is 18.2 Å². The highest BCUT2D eigenvalue weighted by Gasteiger charge is 2.14. The number of nitrogens with one attached hydrogen (secondary N) is 1. The average Bonchev–Trinajstić information content (AvgIpc) is 3.06. The fourth-order valence-corrected chi connectivity index (χ4v) is 3.46. The third-order valence-electron chi connectivity index (χ3n) is 3.79. The molecule has 26 heavy (non-hydrogen) atoms. The summed E-state index contributed by atoms with van der Waals surface area (Å²) in [6.07, 6.45) is 0. The zero-order valence-corrected chi connectivity index (χ0v) is 15.7. The standard InChI is InChI=1S/C20H20N2O3S/c1-13-8-9-18(24-3)17(10-13)21-20(23)16-6-4-5-7-19(16)26-12-15-11-14(2)25-22-15/h4-11H,12H2,1-3H3,(H,21,23). The van der Waals surface area contributed by atoms with E-state index >= 15 is 0 Å². The number of carbonyl (C=O) groups is 1. The van der Waals surface area contributed by atoms with Crippen molar-refractivity contribution in [1.82, 2.24) is 5.16 Å². The number of aryl methyl sites for hydroxylation is 2. The minimum atomic E-state index is -0.173. The fourth-order valence-electron chi connectivity index (χ4n) is 2.53. The van der Waals surface area contributed by atoms with Crippen LogP contribution in [0.25, 0.3) is 0 Å². The normalized spacial score (nSPS) is 10.6. The van der Waals surface area contributed by atoms with Crippen molar-refractivity contribution in [1.29, 1.82) is 0 Å². The van der Waals surface area contributed by atoms with Crippen molar-refractivity contribution in [3.8, 4) is 5.75 Å². The van der Waals surface area contributed by atoms with Crippen LogP contribution in [0.2, 0.25) is 0 Å². The number of carbonyl (C=O) groups excluding carboxylic acids is 1. The molecule has 0 fully saturated rings. The summed E-state index contributed by atoms with van der Waals surface area (Å²) in [7, 11) is 1.59. The quantitative estimate of drug-likeness (QED) is 0.631. The molecule has 0 spiro atoms. The number of methoxy groups -OCH3 is 1. The van der Waals surface area contributed by atoms with Gasteiger partial charge in [-0.3, -0.25) is 4.79 Å². The molecule has 0 aliphatic heterocycles. The van der Waals surface area contributed by atoms with E-state index in [1.165, 1.54) is 0 Å². The number of hydrogen-bond donors (Lipinski definition) is 1. The number of amides is 1. The first-order valence-electron chi connectivity index (χ1n) is 8.17. The van der Waals surface area contributed by atoms with Crippen molar-refractivity contribution in [2.75, 3.05) is 12.4 Å². The third kappa shape index (κ3) is 4.26. The molecule has 6 heteroatoms. The Bertz CT molecular complexity index is 921. The van der Waals surface area contributed by atoms with Crippen molar-refractivity contribution in [2.24, 2.45) is 0 Å². The fraction of sp³-hybridized carbons (Fsp3) is 0.200. The molecule has 0 unspecified atom stereocenters. The molecule has 0 radical (unpaired) electrons. The van der Waals surface area contributed by atoms with Gasteiger partial charge in [0.25, 0.3) is 5.91 Å². The number of rotatable bonds is 6. The summed E-state index contributed by atoms with van der Waals surface area (Å²) in [5.74, 6) is 1.87. The highest BCUT2D eigenvalue weighted by atomic mass is 32.2. The van der Waals surface area contributed by atoms with Crippen molar-refractivity contribution in [2.45, 2.75) is 24.5 Å². The van der Waals surface area contributed by atoms with Gasteiger partial charge in [-0.2, -0.15) is 0 Å². The van der Waals surface area contributed by atoms with Gasteiger partial charge in [-0.05, 0) is 43.7 Å². The molecule has 1 N–H and O–H groups in total. The van der Waals surface area contributed by atoms with Gasteiger partial charge in [0.05, 0.1) is 24.1 Å². The number of anilines is 1. The Morgan fingerprint density at radius 2 is 2.00 bits per heavy atom. The van der Waals surface area contributed by atoms with E-state index in [1.54, 1.807) is 18.9 Å². The molecule has 0 saturated heterocycles. The Balaban J connectivity index is 1.78. The van der Waals surface area contributed by atoms with E-state index in [0.717, 1.165) is 21.9 Å². The van der Waals surface area contributed by atoms with Gasteiger partial charge in [0.2, 0.25) is 0 Å². The highest BCUT2D eigenvalue weighted by molar-refractivity contribution is 7.98. The van der Waals surface area contributed by atoms with E-state index in [-0.39, 0.29) is 5.91 Å². The molecule has 1 heterocycles. The Morgan fingerprint density at radius 3 is 2.73 bits per heavy atom. The second kappa shape index (κ2) is 8.10. The molecule has 5 nitrogen and oxygen atoms in total. The van der Waals surface area contributed by atoms with Crippen molar-refractivity contribution < 1.29 is 14.1 Å². The minimum Gasteiger partial charge on any atom is -0.495 e. The molecule has 2 aromatic carbocycles. The smallest absolute Gasteiger partial charge is 0.256 e. The van der Waals surface area contributed by atoms with Crippen LogP contribution in [0.5, 0.6) is 5.75 Å². The van der Waals surface area contributed by atoms with Crippen molar-refractivity contribution >= 4 is 23.4 Å². The first-order valence-corrected chi connectivity index (χ1v) is 9.15. The number of ether oxygens (including phenoxy) is 1. The van der Waals surface area contributed by atoms with Crippen LogP contribution in [0.4, 0.5) is 5.69 Å². The Kier molecular flexibility index (Phi) is 5.63. The molecule has 0 aliphatic carbocycles. The van der Waals surface area contributed by atoms with E-state index in [0.29, 0.717) is 22.8 Å². The summed E-state index contributed by atoms with van der Waals surface area (Å²) < 4.78 is 10.4. The van der Waals surface area contributed by atoms with Crippen molar-refractivity contribution in [3.63, 3.8) is 0 Å². The van der Waals surface area contributed by atoms with Gasteiger partial charge in [-0.1, -0.05) is 23.4 Å². The van der Waals surface area contributed by atoms with Gasteiger partial charge in [-0.25, -0.2) is 0 Å². The van der Waals surface area contributed by atoms with Crippen LogP contribution in [-0.2, 0) is 5.75 Å². The first-order chi connectivity index (χ1) is 12.6. The summed E-state index contributed by atoms with van der Waals surface area (Å²) in [6, 6.07) is 15.1. The molecule has 0 saturated carbocycles. The first kappa shape index (κ1) is 18.1. The molecule has 0 bridgehead atoms. The molecule has 3 aromatic rings. The maximum Gasteiger partial charge on any atom is 0.256 e. The van der Waals surface area contributed by atoms with E-state index in [4.69, 9.17) is 9.26 Å². The predicted molar refractivity (Wildman–Crippen MR) is 103 cm³/mol. The lowest BCUT2D eigenvalue weighted by atomic mass is 10.1. The Labute approximate surface area is 156 Å². The summed E-state index contributed by atoms with van der Waals surface area (Å²) >= 11 is 1.55. The van der Waals surface area contributed by atoms with E-state index in [2.05, 4.69) is 10.5 Å². The van der Waals surface area contributed by atoms with Gasteiger partial charge >= 0.3 is 0 Å². The molecule has 1 aromatic heterocycles. The molecular weight excluding hydrogens is 348 g/mol. The predicted octanol–water partition coefficient (Wildman–Crippen LogP) is 4.84. The molecule has 0 aliphatic rings. The molecule has 1 amide bonds. The van der Waals surface area contributed by atoms with Gasteiger partial charge in [0.15, 0.2) is 0 Å². The zero-order valence-electron chi connectivity index (χ0n) is 14.9. The molecule has 134 valence electrons. The second-order valence-corrected chi connectivity index (χ2v) is 6.89. The van der Waals surface area contributed by atoms with E-state index in [9.17, 15) is 4.79 Å². The number of benzene rings is 2. The number of thioether (sulfide) groups is 1. The van der Waals surface area contributed by atoms with E-state index in [1.807, 2.05) is 62.4 Å². The maximum atomic E-state index is 12.8. The SMILES string of the molecule is COc1ccc(C)cc1NC(=O)c1ccccc1SCc1cc(C)on1. The second-order valence-electron chi connectivity index (χ2n) is 5.87. The molecular formula is C20H20N2O3S. The largest absolute Gasteiger partial charge is 0.495 e. The number of aromatic nitrogens is 1. The van der Waals surface area contributed by atoms with Crippen LogP contribution in [0.15, 0.2) is 57.9 Å². The summed E-state index contributed by atoms with van der Waals surface area (Å²) in [4.78, 5) is 13.7. The van der Waals surface area contributed by atoms with Crippen LogP contribution < -0.4 is 10.1 Å². The van der Waals surface area contributed by atoms with Gasteiger partial charge in [0, 0.05) is 16.7 Å². The maximum absolute atomic E-state index is 12.8. The lowest BCUT2D eigenvalue weighted by Gasteiger charge is -2.13. The van der Waals surface area contributed by atoms with Gasteiger partial charge in [-0.15, -0.1) is 11.8 Å². The molecule has 3 rings (SSSR count). The van der Waals surface area contributed by atoms with Gasteiger partial charge < -0.3 is 14.6 Å². The zero-order chi connectivity index (χ0) is 18.5. The third-order valence-corrected chi connectivity index (χ3v) is 4.89. The number of hydrogen-bond acceptors (Lipinski definition) is 5. The lowest BCUT2D eigenvalue weighted by Crippen LogP contribution is -2.13. The summed E-state index contributed by atoms with van der Waals surface area (Å²) in [5.41, 5.74) is 3.17. The molecule has 0 atom stereocenters. The topological polar surface area (TPSA) is 64.4 Å². The highest BCUT2D eigenvalue weighted by Crippen LogP contribution is 2.29. The Morgan fingerprint density at radius 1 is 1.19 bits per heavy atom. The van der Waals surface area contributed by atoms with Gasteiger partial charge in [0.1, 0.15) is 11.5 Å². The van der Waals surface area contributed by atoms with Crippen LogP contribution in [0.3, 0.4) is 0 Å². The average molecular weight is 368 g/mol. The lowest BCUT2D eigenvalue weighted by molar-refractivity contribution is 0.102. The number of nitrogens with zero attached hydrogens (tertiary/aromatic N) is 1. The van der Waals surface area contributed by atoms with E-state index < -0.39 is 0 Å². The van der Waals surface area contributed by atoms with Crippen molar-refractivity contribution in [3.05, 3.63) is 71.1 Å². The Hall–Kier alpha value is -2.73. The minimum absolute atomic E-state index is 0.173. The summed E-state index contributed by atoms with van der Waals surface area (Å²) in [6.45, 7) is 3.83. The summed E-state index contributed by atoms with van der Waals surface area (Å²) in [5, 5.41) is 6.94. The van der Waals surface area contributed by atoms with Crippen LogP contribution >= 0.6 is 11.8 Å². The van der Waals surface area contributed by atoms with Crippen LogP contribution in [0, 0.1) is 13.8 Å². The van der Waals surface area contributed by atoms with Crippen LogP contribution in [0.1, 0.15) is 27.4 Å².